The molecule has 144 valence electrons. The first-order chi connectivity index (χ1) is 12.1. The molecule has 1 unspecified atom stereocenters. The molecule has 0 aromatic heterocycles. The summed E-state index contributed by atoms with van der Waals surface area (Å²) >= 11 is 6.08. The van der Waals surface area contributed by atoms with E-state index < -0.39 is 5.41 Å². The van der Waals surface area contributed by atoms with E-state index in [1.807, 2.05) is 20.8 Å². The van der Waals surface area contributed by atoms with Crippen molar-refractivity contribution in [3.63, 3.8) is 0 Å². The normalized spacial score (nSPS) is 17.7. The van der Waals surface area contributed by atoms with Crippen LogP contribution in [0.15, 0.2) is 12.1 Å². The fraction of sp³-hybridized carbons (Fsp3) is 0.579. The van der Waals surface area contributed by atoms with Gasteiger partial charge >= 0.3 is 0 Å². The number of nitrogens with zero attached hydrogens (tertiary/aromatic N) is 1. The Hall–Kier alpha value is -1.95. The molecule has 2 rings (SSSR count). The van der Waals surface area contributed by atoms with Crippen molar-refractivity contribution in [2.24, 2.45) is 11.3 Å². The molecule has 1 aliphatic rings. The number of nitrogen functional groups attached to an aromatic ring is 1. The lowest BCUT2D eigenvalue weighted by Gasteiger charge is -2.33. The zero-order chi connectivity index (χ0) is 19.5. The predicted octanol–water partition coefficient (Wildman–Crippen LogP) is 2.95. The number of halogens is 1. The zero-order valence-corrected chi connectivity index (χ0v) is 16.7. The van der Waals surface area contributed by atoms with Gasteiger partial charge in [-0.2, -0.15) is 0 Å². The number of methoxy groups -OCH3 is 1. The van der Waals surface area contributed by atoms with Gasteiger partial charge in [-0.15, -0.1) is 0 Å². The van der Waals surface area contributed by atoms with Crippen LogP contribution in [0, 0.1) is 11.3 Å². The van der Waals surface area contributed by atoms with Gasteiger partial charge in [0.1, 0.15) is 5.75 Å². The molecule has 0 radical (unpaired) electrons. The number of carbonyl (C=O) groups excluding carboxylic acids is 2. The number of ether oxygens (including phenoxy) is 1. The summed E-state index contributed by atoms with van der Waals surface area (Å²) in [6.45, 7) is 7.49. The van der Waals surface area contributed by atoms with Crippen LogP contribution >= 0.6 is 11.6 Å². The van der Waals surface area contributed by atoms with Crippen molar-refractivity contribution >= 4 is 29.1 Å². The monoisotopic (exact) mass is 381 g/mol. The summed E-state index contributed by atoms with van der Waals surface area (Å²) in [7, 11) is 1.50. The molecule has 0 aliphatic carbocycles. The van der Waals surface area contributed by atoms with E-state index in [4.69, 9.17) is 22.1 Å². The third-order valence-electron chi connectivity index (χ3n) is 4.59. The van der Waals surface area contributed by atoms with Gasteiger partial charge in [-0.05, 0) is 24.8 Å². The van der Waals surface area contributed by atoms with E-state index in [0.717, 1.165) is 12.8 Å². The van der Waals surface area contributed by atoms with Crippen LogP contribution in [0.2, 0.25) is 5.02 Å². The van der Waals surface area contributed by atoms with Gasteiger partial charge in [-0.25, -0.2) is 0 Å². The minimum Gasteiger partial charge on any atom is -0.496 e. The van der Waals surface area contributed by atoms with Crippen molar-refractivity contribution < 1.29 is 14.3 Å². The number of nitrogens with one attached hydrogen (secondary N) is 1. The van der Waals surface area contributed by atoms with Crippen molar-refractivity contribution in [3.8, 4) is 5.75 Å². The standard InChI is InChI=1S/C19H28ClN3O3/c1-19(2,3)18(25)22-10-12-6-5-7-23(11-12)17(24)13-8-14(20)15(21)9-16(13)26-4/h8-9,12H,5-7,10-11,21H2,1-4H3,(H,22,25). The average molecular weight is 382 g/mol. The molecule has 3 N–H and O–H groups in total. The zero-order valence-electron chi connectivity index (χ0n) is 15.9. The van der Waals surface area contributed by atoms with Gasteiger partial charge in [0, 0.05) is 31.1 Å². The molecule has 6 nitrogen and oxygen atoms in total. The highest BCUT2D eigenvalue weighted by atomic mass is 35.5. The number of benzene rings is 1. The topological polar surface area (TPSA) is 84.7 Å². The summed E-state index contributed by atoms with van der Waals surface area (Å²) in [5.74, 6) is 0.540. The number of carbonyl (C=O) groups is 2. The second kappa shape index (κ2) is 8.16. The lowest BCUT2D eigenvalue weighted by molar-refractivity contribution is -0.128. The summed E-state index contributed by atoms with van der Waals surface area (Å²) in [5, 5.41) is 3.32. The Morgan fingerprint density at radius 2 is 2.08 bits per heavy atom. The summed E-state index contributed by atoms with van der Waals surface area (Å²) in [6, 6.07) is 3.13. The summed E-state index contributed by atoms with van der Waals surface area (Å²) in [6.07, 6.45) is 1.88. The molecule has 0 spiro atoms. The molecule has 2 amide bonds. The highest BCUT2D eigenvalue weighted by Gasteiger charge is 2.28. The van der Waals surface area contributed by atoms with E-state index in [2.05, 4.69) is 5.32 Å². The molecule has 1 saturated heterocycles. The number of amides is 2. The molecule has 26 heavy (non-hydrogen) atoms. The van der Waals surface area contributed by atoms with E-state index in [1.165, 1.54) is 7.11 Å². The van der Waals surface area contributed by atoms with Gasteiger partial charge in [0.25, 0.3) is 5.91 Å². The van der Waals surface area contributed by atoms with Crippen LogP contribution in [0.4, 0.5) is 5.69 Å². The van der Waals surface area contributed by atoms with Crippen molar-refractivity contribution in [1.29, 1.82) is 0 Å². The van der Waals surface area contributed by atoms with Gasteiger partial charge in [0.05, 0.1) is 23.4 Å². The van der Waals surface area contributed by atoms with Crippen LogP contribution in [0.1, 0.15) is 44.0 Å². The molecule has 7 heteroatoms. The first-order valence-corrected chi connectivity index (χ1v) is 9.22. The molecule has 1 aromatic rings. The quantitative estimate of drug-likeness (QED) is 0.785. The van der Waals surface area contributed by atoms with Crippen molar-refractivity contribution in [2.75, 3.05) is 32.5 Å². The van der Waals surface area contributed by atoms with Crippen molar-refractivity contribution in [1.82, 2.24) is 10.2 Å². The van der Waals surface area contributed by atoms with Gasteiger partial charge < -0.3 is 20.7 Å². The molecule has 0 saturated carbocycles. The number of anilines is 1. The fourth-order valence-electron chi connectivity index (χ4n) is 2.99. The first-order valence-electron chi connectivity index (χ1n) is 8.84. The number of hydrogen-bond acceptors (Lipinski definition) is 4. The minimum atomic E-state index is -0.418. The van der Waals surface area contributed by atoms with Crippen LogP contribution in [-0.2, 0) is 4.79 Å². The maximum atomic E-state index is 12.9. The maximum absolute atomic E-state index is 12.9. The molecular weight excluding hydrogens is 354 g/mol. The number of piperidine rings is 1. The van der Waals surface area contributed by atoms with Gasteiger partial charge in [0.2, 0.25) is 5.91 Å². The van der Waals surface area contributed by atoms with Gasteiger partial charge in [0.15, 0.2) is 0 Å². The Labute approximate surface area is 160 Å². The molecule has 1 aromatic carbocycles. The average Bonchev–Trinajstić information content (AvgIpc) is 2.60. The van der Waals surface area contributed by atoms with Crippen LogP contribution in [-0.4, -0.2) is 43.5 Å². The number of likely N-dealkylation sites (tertiary alicyclic amines) is 1. The summed E-state index contributed by atoms with van der Waals surface area (Å²) in [5.41, 5.74) is 6.16. The third-order valence-corrected chi connectivity index (χ3v) is 4.92. The molecule has 1 heterocycles. The largest absolute Gasteiger partial charge is 0.496 e. The SMILES string of the molecule is COc1cc(N)c(Cl)cc1C(=O)N1CCCC(CNC(=O)C(C)(C)C)C1. The summed E-state index contributed by atoms with van der Waals surface area (Å²) < 4.78 is 5.29. The Morgan fingerprint density at radius 1 is 1.38 bits per heavy atom. The highest BCUT2D eigenvalue weighted by Crippen LogP contribution is 2.30. The minimum absolute atomic E-state index is 0.0212. The lowest BCUT2D eigenvalue weighted by Crippen LogP contribution is -2.45. The van der Waals surface area contributed by atoms with Crippen LogP contribution < -0.4 is 15.8 Å². The van der Waals surface area contributed by atoms with E-state index in [9.17, 15) is 9.59 Å². The smallest absolute Gasteiger partial charge is 0.257 e. The molecule has 1 atom stereocenters. The van der Waals surface area contributed by atoms with Crippen molar-refractivity contribution in [3.05, 3.63) is 22.7 Å². The highest BCUT2D eigenvalue weighted by molar-refractivity contribution is 6.33. The number of nitrogens with two attached hydrogens (primary N) is 1. The Balaban J connectivity index is 2.06. The molecular formula is C19H28ClN3O3. The van der Waals surface area contributed by atoms with E-state index in [0.29, 0.717) is 41.7 Å². The number of hydrogen-bond donors (Lipinski definition) is 2. The Bertz CT molecular complexity index is 685. The second-order valence-corrected chi connectivity index (χ2v) is 8.20. The fourth-order valence-corrected chi connectivity index (χ4v) is 3.16. The molecule has 1 aliphatic heterocycles. The Kier molecular flexibility index (Phi) is 6.39. The van der Waals surface area contributed by atoms with E-state index >= 15 is 0 Å². The van der Waals surface area contributed by atoms with Crippen LogP contribution in [0.25, 0.3) is 0 Å². The lowest BCUT2D eigenvalue weighted by atomic mass is 9.93. The van der Waals surface area contributed by atoms with Gasteiger partial charge in [-0.1, -0.05) is 32.4 Å². The summed E-state index contributed by atoms with van der Waals surface area (Å²) in [4.78, 5) is 26.8. The van der Waals surface area contributed by atoms with Gasteiger partial charge in [-0.3, -0.25) is 9.59 Å². The van der Waals surface area contributed by atoms with Crippen molar-refractivity contribution in [2.45, 2.75) is 33.6 Å². The van der Waals surface area contributed by atoms with Crippen LogP contribution in [0.5, 0.6) is 5.75 Å². The predicted molar refractivity (Wildman–Crippen MR) is 104 cm³/mol. The third kappa shape index (κ3) is 4.81. The molecule has 0 bridgehead atoms. The Morgan fingerprint density at radius 3 is 2.69 bits per heavy atom. The number of rotatable bonds is 4. The second-order valence-electron chi connectivity index (χ2n) is 7.79. The maximum Gasteiger partial charge on any atom is 0.257 e. The van der Waals surface area contributed by atoms with Crippen LogP contribution in [0.3, 0.4) is 0 Å². The van der Waals surface area contributed by atoms with E-state index in [-0.39, 0.29) is 17.7 Å². The van der Waals surface area contributed by atoms with E-state index in [1.54, 1.807) is 17.0 Å². The first kappa shape index (κ1) is 20.4. The molecule has 1 fully saturated rings.